The van der Waals surface area contributed by atoms with Crippen LogP contribution in [0.4, 0.5) is 5.69 Å². The molecule has 1 fully saturated rings. The highest BCUT2D eigenvalue weighted by atomic mass is 16.7. The Bertz CT molecular complexity index is 959. The van der Waals surface area contributed by atoms with Gasteiger partial charge in [-0.25, -0.2) is 0 Å². The van der Waals surface area contributed by atoms with E-state index in [2.05, 4.69) is 17.2 Å². The Morgan fingerprint density at radius 1 is 1.16 bits per heavy atom. The van der Waals surface area contributed by atoms with Gasteiger partial charge >= 0.3 is 0 Å². The van der Waals surface area contributed by atoms with Crippen molar-refractivity contribution in [3.8, 4) is 11.5 Å². The SMILES string of the molecule is Cc1c[nH]c2cccc(NC(O)C3(c4ccc5c(c4)OCO5)CC3)c12. The van der Waals surface area contributed by atoms with Crippen molar-refractivity contribution in [2.45, 2.75) is 31.4 Å². The van der Waals surface area contributed by atoms with Crippen LogP contribution in [0.2, 0.25) is 0 Å². The van der Waals surface area contributed by atoms with E-state index in [1.807, 2.05) is 42.6 Å². The van der Waals surface area contributed by atoms with Gasteiger partial charge < -0.3 is 24.9 Å². The second-order valence-corrected chi connectivity index (χ2v) is 6.97. The van der Waals surface area contributed by atoms with Gasteiger partial charge in [-0.3, -0.25) is 0 Å². The first kappa shape index (κ1) is 14.7. The van der Waals surface area contributed by atoms with Crippen LogP contribution < -0.4 is 14.8 Å². The lowest BCUT2D eigenvalue weighted by atomic mass is 9.93. The van der Waals surface area contributed by atoms with Crippen LogP contribution in [0.15, 0.2) is 42.6 Å². The third-order valence-corrected chi connectivity index (χ3v) is 5.45. The van der Waals surface area contributed by atoms with Crippen molar-refractivity contribution in [3.63, 3.8) is 0 Å². The number of fused-ring (bicyclic) bond motifs is 2. The van der Waals surface area contributed by atoms with E-state index in [-0.39, 0.29) is 12.2 Å². The summed E-state index contributed by atoms with van der Waals surface area (Å²) in [5.74, 6) is 1.54. The summed E-state index contributed by atoms with van der Waals surface area (Å²) in [5.41, 5.74) is 4.01. The summed E-state index contributed by atoms with van der Waals surface area (Å²) in [6.45, 7) is 2.34. The standard InChI is InChI=1S/C20H20N2O3/c1-12-10-21-14-3-2-4-15(18(12)14)22-19(23)20(7-8-20)13-5-6-16-17(9-13)25-11-24-16/h2-6,9-10,19,21-23H,7-8,11H2,1H3. The minimum atomic E-state index is -0.659. The molecule has 1 aromatic heterocycles. The summed E-state index contributed by atoms with van der Waals surface area (Å²) in [6.07, 6.45) is 3.23. The zero-order valence-corrected chi connectivity index (χ0v) is 14.0. The van der Waals surface area contributed by atoms with E-state index in [0.29, 0.717) is 0 Å². The molecule has 1 aliphatic heterocycles. The van der Waals surface area contributed by atoms with Crippen LogP contribution in [0.5, 0.6) is 11.5 Å². The highest BCUT2D eigenvalue weighted by Gasteiger charge is 2.51. The summed E-state index contributed by atoms with van der Waals surface area (Å²) in [6, 6.07) is 12.0. The lowest BCUT2D eigenvalue weighted by Crippen LogP contribution is -2.33. The Kier molecular flexibility index (Phi) is 3.03. The normalized spacial score (nSPS) is 18.3. The van der Waals surface area contributed by atoms with Gasteiger partial charge in [0.2, 0.25) is 6.79 Å². The highest BCUT2D eigenvalue weighted by Crippen LogP contribution is 2.53. The second kappa shape index (κ2) is 5.17. The molecule has 1 aliphatic carbocycles. The number of nitrogens with one attached hydrogen (secondary N) is 2. The topological polar surface area (TPSA) is 66.5 Å². The fourth-order valence-electron chi connectivity index (χ4n) is 3.82. The molecule has 25 heavy (non-hydrogen) atoms. The summed E-state index contributed by atoms with van der Waals surface area (Å²) in [5, 5.41) is 15.5. The minimum Gasteiger partial charge on any atom is -0.454 e. The molecule has 0 amide bonds. The average Bonchev–Trinajstić information content (AvgIpc) is 3.15. The molecule has 1 unspecified atom stereocenters. The number of ether oxygens (including phenoxy) is 2. The van der Waals surface area contributed by atoms with E-state index < -0.39 is 6.23 Å². The van der Waals surface area contributed by atoms with Gasteiger partial charge in [0.05, 0.1) is 0 Å². The van der Waals surface area contributed by atoms with E-state index in [1.54, 1.807) is 0 Å². The summed E-state index contributed by atoms with van der Waals surface area (Å²) >= 11 is 0. The molecule has 3 aromatic rings. The van der Waals surface area contributed by atoms with Gasteiger partial charge in [-0.1, -0.05) is 12.1 Å². The van der Waals surface area contributed by atoms with Gasteiger partial charge in [-0.2, -0.15) is 0 Å². The van der Waals surface area contributed by atoms with Gasteiger partial charge in [0, 0.05) is 28.2 Å². The fourth-order valence-corrected chi connectivity index (χ4v) is 3.82. The van der Waals surface area contributed by atoms with Gasteiger partial charge in [0.25, 0.3) is 0 Å². The molecule has 5 heteroatoms. The van der Waals surface area contributed by atoms with Crippen molar-refractivity contribution in [3.05, 3.63) is 53.7 Å². The maximum absolute atomic E-state index is 11.0. The lowest BCUT2D eigenvalue weighted by Gasteiger charge is -2.25. The maximum atomic E-state index is 11.0. The van der Waals surface area contributed by atoms with Gasteiger partial charge in [-0.15, -0.1) is 0 Å². The molecule has 128 valence electrons. The van der Waals surface area contributed by atoms with Crippen LogP contribution in [-0.4, -0.2) is 23.1 Å². The van der Waals surface area contributed by atoms with Crippen molar-refractivity contribution in [1.82, 2.24) is 4.98 Å². The monoisotopic (exact) mass is 336 g/mol. The van der Waals surface area contributed by atoms with Crippen molar-refractivity contribution in [2.24, 2.45) is 0 Å². The molecule has 5 nitrogen and oxygen atoms in total. The predicted molar refractivity (Wildman–Crippen MR) is 96.1 cm³/mol. The summed E-state index contributed by atoms with van der Waals surface area (Å²) < 4.78 is 10.9. The molecular formula is C20H20N2O3. The van der Waals surface area contributed by atoms with E-state index in [4.69, 9.17) is 9.47 Å². The third kappa shape index (κ3) is 2.19. The maximum Gasteiger partial charge on any atom is 0.231 e. The summed E-state index contributed by atoms with van der Waals surface area (Å²) in [7, 11) is 0. The smallest absolute Gasteiger partial charge is 0.231 e. The largest absolute Gasteiger partial charge is 0.454 e. The zero-order chi connectivity index (χ0) is 17.0. The van der Waals surface area contributed by atoms with Gasteiger partial charge in [-0.05, 0) is 55.2 Å². The van der Waals surface area contributed by atoms with E-state index in [0.717, 1.165) is 46.5 Å². The van der Waals surface area contributed by atoms with Crippen molar-refractivity contribution >= 4 is 16.6 Å². The highest BCUT2D eigenvalue weighted by molar-refractivity contribution is 5.94. The zero-order valence-electron chi connectivity index (χ0n) is 14.0. The number of aromatic nitrogens is 1. The van der Waals surface area contributed by atoms with Gasteiger partial charge in [0.15, 0.2) is 11.5 Å². The molecular weight excluding hydrogens is 316 g/mol. The quantitative estimate of drug-likeness (QED) is 0.636. The Labute approximate surface area is 145 Å². The van der Waals surface area contributed by atoms with Crippen molar-refractivity contribution in [1.29, 1.82) is 0 Å². The Balaban J connectivity index is 1.47. The summed E-state index contributed by atoms with van der Waals surface area (Å²) in [4.78, 5) is 3.26. The van der Waals surface area contributed by atoms with Crippen molar-refractivity contribution < 1.29 is 14.6 Å². The van der Waals surface area contributed by atoms with Crippen LogP contribution in [-0.2, 0) is 5.41 Å². The number of aliphatic hydroxyl groups excluding tert-OH is 1. The predicted octanol–water partition coefficient (Wildman–Crippen LogP) is 3.67. The Hall–Kier alpha value is -2.66. The Morgan fingerprint density at radius 2 is 2.00 bits per heavy atom. The first-order valence-corrected chi connectivity index (χ1v) is 8.59. The molecule has 2 heterocycles. The first-order valence-electron chi connectivity index (χ1n) is 8.59. The van der Waals surface area contributed by atoms with Crippen LogP contribution in [0.1, 0.15) is 24.0 Å². The molecule has 0 bridgehead atoms. The number of anilines is 1. The molecule has 5 rings (SSSR count). The number of aliphatic hydroxyl groups is 1. The molecule has 3 N–H and O–H groups in total. The fraction of sp³-hybridized carbons (Fsp3) is 0.300. The number of aromatic amines is 1. The number of H-pyrrole nitrogens is 1. The number of benzene rings is 2. The van der Waals surface area contributed by atoms with Gasteiger partial charge in [0.1, 0.15) is 6.23 Å². The molecule has 0 spiro atoms. The minimum absolute atomic E-state index is 0.265. The van der Waals surface area contributed by atoms with E-state index >= 15 is 0 Å². The van der Waals surface area contributed by atoms with E-state index in [9.17, 15) is 5.11 Å². The number of aryl methyl sites for hydroxylation is 1. The Morgan fingerprint density at radius 3 is 2.84 bits per heavy atom. The number of hydrogen-bond acceptors (Lipinski definition) is 4. The van der Waals surface area contributed by atoms with Crippen LogP contribution >= 0.6 is 0 Å². The second-order valence-electron chi connectivity index (χ2n) is 6.97. The molecule has 2 aliphatic rings. The van der Waals surface area contributed by atoms with Crippen LogP contribution in [0, 0.1) is 6.92 Å². The lowest BCUT2D eigenvalue weighted by molar-refractivity contribution is 0.159. The molecule has 1 saturated carbocycles. The van der Waals surface area contributed by atoms with Crippen LogP contribution in [0.3, 0.4) is 0 Å². The number of hydrogen-bond donors (Lipinski definition) is 3. The average molecular weight is 336 g/mol. The molecule has 2 aromatic carbocycles. The van der Waals surface area contributed by atoms with Crippen LogP contribution in [0.25, 0.3) is 10.9 Å². The van der Waals surface area contributed by atoms with E-state index in [1.165, 1.54) is 5.56 Å². The third-order valence-electron chi connectivity index (χ3n) is 5.45. The molecule has 0 radical (unpaired) electrons. The first-order chi connectivity index (χ1) is 12.2. The number of rotatable bonds is 4. The van der Waals surface area contributed by atoms with Crippen molar-refractivity contribution in [2.75, 3.05) is 12.1 Å². The molecule has 1 atom stereocenters. The molecule has 0 saturated heterocycles.